The molecule has 0 aliphatic carbocycles. The van der Waals surface area contributed by atoms with Gasteiger partial charge in [0.1, 0.15) is 23.7 Å². The van der Waals surface area contributed by atoms with E-state index in [0.717, 1.165) is 17.7 Å². The lowest BCUT2D eigenvalue weighted by atomic mass is 9.98. The quantitative estimate of drug-likeness (QED) is 0.630. The van der Waals surface area contributed by atoms with Crippen LogP contribution in [0.25, 0.3) is 6.08 Å². The van der Waals surface area contributed by atoms with Crippen molar-refractivity contribution in [1.82, 2.24) is 0 Å². The smallest absolute Gasteiger partial charge is 0.175 e. The van der Waals surface area contributed by atoms with Crippen LogP contribution in [0.5, 0.6) is 11.5 Å². The second kappa shape index (κ2) is 6.01. The minimum atomic E-state index is -0.215. The van der Waals surface area contributed by atoms with Crippen molar-refractivity contribution in [3.05, 3.63) is 28.8 Å². The molecule has 0 spiro atoms. The van der Waals surface area contributed by atoms with Crippen LogP contribution in [-0.4, -0.2) is 19.0 Å². The Morgan fingerprint density at radius 3 is 2.81 bits per heavy atom. The van der Waals surface area contributed by atoms with Gasteiger partial charge in [-0.25, -0.2) is 0 Å². The molecule has 1 unspecified atom stereocenters. The summed E-state index contributed by atoms with van der Waals surface area (Å²) >= 11 is 0. The molecule has 1 aromatic carbocycles. The first kappa shape index (κ1) is 15.1. The second-order valence-electron chi connectivity index (χ2n) is 5.52. The molecule has 110 valence electrons. The van der Waals surface area contributed by atoms with Gasteiger partial charge in [0.15, 0.2) is 5.78 Å². The van der Waals surface area contributed by atoms with E-state index in [4.69, 9.17) is 9.47 Å². The second-order valence-corrected chi connectivity index (χ2v) is 5.52. The van der Waals surface area contributed by atoms with Crippen LogP contribution >= 0.6 is 0 Å². The van der Waals surface area contributed by atoms with Gasteiger partial charge in [0, 0.05) is 23.5 Å². The van der Waals surface area contributed by atoms with Gasteiger partial charge in [0.25, 0.3) is 0 Å². The van der Waals surface area contributed by atoms with E-state index < -0.39 is 0 Å². The first-order valence-electron chi connectivity index (χ1n) is 6.99. The summed E-state index contributed by atoms with van der Waals surface area (Å²) in [5.41, 5.74) is 1.91. The number of hydrogen-bond donors (Lipinski definition) is 0. The van der Waals surface area contributed by atoms with Crippen molar-refractivity contribution >= 4 is 11.9 Å². The van der Waals surface area contributed by atoms with Crippen LogP contribution in [0, 0.1) is 17.2 Å². The zero-order valence-corrected chi connectivity index (χ0v) is 12.8. The highest BCUT2D eigenvalue weighted by molar-refractivity contribution is 6.04. The van der Waals surface area contributed by atoms with Crippen molar-refractivity contribution in [2.75, 3.05) is 7.11 Å². The first-order chi connectivity index (χ1) is 9.96. The van der Waals surface area contributed by atoms with Crippen LogP contribution in [0.15, 0.2) is 17.7 Å². The lowest BCUT2D eigenvalue weighted by Gasteiger charge is -2.09. The molecule has 0 N–H and O–H groups in total. The van der Waals surface area contributed by atoms with E-state index in [9.17, 15) is 10.1 Å². The molecule has 0 saturated carbocycles. The third-order valence-electron chi connectivity index (χ3n) is 3.46. The van der Waals surface area contributed by atoms with Gasteiger partial charge in [-0.2, -0.15) is 5.26 Å². The minimum Gasteiger partial charge on any atom is -0.496 e. The van der Waals surface area contributed by atoms with Crippen LogP contribution in [0.3, 0.4) is 0 Å². The van der Waals surface area contributed by atoms with E-state index in [1.54, 1.807) is 27.0 Å². The lowest BCUT2D eigenvalue weighted by Crippen LogP contribution is -2.09. The number of fused-ring (bicyclic) bond motifs is 1. The summed E-state index contributed by atoms with van der Waals surface area (Å²) in [5, 5.41) is 9.19. The highest BCUT2D eigenvalue weighted by Gasteiger charge is 2.22. The molecular weight excluding hydrogens is 266 g/mol. The number of rotatable bonds is 4. The highest BCUT2D eigenvalue weighted by atomic mass is 16.5. The highest BCUT2D eigenvalue weighted by Crippen LogP contribution is 2.36. The Balaban J connectivity index is 2.47. The Bertz CT molecular complexity index is 638. The SMILES string of the molecule is COc1cc2c(cc1/C=C(\C#N)C(=O)C(C)C)OC(C)C2. The van der Waals surface area contributed by atoms with E-state index >= 15 is 0 Å². The van der Waals surface area contributed by atoms with Gasteiger partial charge >= 0.3 is 0 Å². The molecule has 0 radical (unpaired) electrons. The summed E-state index contributed by atoms with van der Waals surface area (Å²) in [7, 11) is 1.58. The van der Waals surface area contributed by atoms with Gasteiger partial charge in [-0.3, -0.25) is 4.79 Å². The third-order valence-corrected chi connectivity index (χ3v) is 3.46. The molecular formula is C17H19NO3. The zero-order chi connectivity index (χ0) is 15.6. The van der Waals surface area contributed by atoms with Crippen molar-refractivity contribution in [2.45, 2.75) is 33.3 Å². The molecule has 0 saturated heterocycles. The number of hydrogen-bond acceptors (Lipinski definition) is 4. The standard InChI is InChI=1S/C17H19NO3/c1-10(2)17(19)14(9-18)6-13-8-16-12(5-11(3)21-16)7-15(13)20-4/h6-8,10-11H,5H2,1-4H3/b14-6+. The first-order valence-corrected chi connectivity index (χ1v) is 6.99. The topological polar surface area (TPSA) is 59.3 Å². The van der Waals surface area contributed by atoms with Crippen molar-refractivity contribution in [3.63, 3.8) is 0 Å². The zero-order valence-electron chi connectivity index (χ0n) is 12.8. The number of Topliss-reactive ketones (excluding diaryl/α,β-unsaturated/α-hetero) is 1. The normalized spacial score (nSPS) is 17.1. The maximum Gasteiger partial charge on any atom is 0.175 e. The molecule has 4 nitrogen and oxygen atoms in total. The van der Waals surface area contributed by atoms with Gasteiger partial charge in [-0.15, -0.1) is 0 Å². The van der Waals surface area contributed by atoms with Gasteiger partial charge in [0.05, 0.1) is 12.7 Å². The van der Waals surface area contributed by atoms with Crippen LogP contribution < -0.4 is 9.47 Å². The predicted octanol–water partition coefficient (Wildman–Crippen LogP) is 3.15. The molecule has 1 aliphatic rings. The number of carbonyl (C=O) groups is 1. The summed E-state index contributed by atoms with van der Waals surface area (Å²) in [4.78, 5) is 12.0. The van der Waals surface area contributed by atoms with Crippen molar-refractivity contribution in [3.8, 4) is 17.6 Å². The maximum absolute atomic E-state index is 12.0. The summed E-state index contributed by atoms with van der Waals surface area (Å²) in [5.74, 6) is 1.06. The molecule has 4 heteroatoms. The minimum absolute atomic E-state index is 0.134. The molecule has 1 aliphatic heterocycles. The van der Waals surface area contributed by atoms with Crippen molar-refractivity contribution in [1.29, 1.82) is 5.26 Å². The molecule has 21 heavy (non-hydrogen) atoms. The monoisotopic (exact) mass is 285 g/mol. The van der Waals surface area contributed by atoms with Crippen molar-refractivity contribution in [2.24, 2.45) is 5.92 Å². The Morgan fingerprint density at radius 2 is 2.24 bits per heavy atom. The Labute approximate surface area is 125 Å². The molecule has 1 atom stereocenters. The fraction of sp³-hybridized carbons (Fsp3) is 0.412. The van der Waals surface area contributed by atoms with E-state index in [0.29, 0.717) is 11.3 Å². The lowest BCUT2D eigenvalue weighted by molar-refractivity contribution is -0.117. The molecule has 2 rings (SSSR count). The number of carbonyl (C=O) groups excluding carboxylic acids is 1. The summed E-state index contributed by atoms with van der Waals surface area (Å²) < 4.78 is 11.1. The molecule has 0 amide bonds. The van der Waals surface area contributed by atoms with Crippen LogP contribution in [-0.2, 0) is 11.2 Å². The predicted molar refractivity (Wildman–Crippen MR) is 80.2 cm³/mol. The van der Waals surface area contributed by atoms with E-state index in [-0.39, 0.29) is 23.4 Å². The summed E-state index contributed by atoms with van der Waals surface area (Å²) in [6.07, 6.45) is 2.55. The van der Waals surface area contributed by atoms with Gasteiger partial charge in [-0.05, 0) is 25.1 Å². The molecule has 1 heterocycles. The number of nitriles is 1. The summed E-state index contributed by atoms with van der Waals surface area (Å²) in [6, 6.07) is 5.73. The Hall–Kier alpha value is -2.28. The van der Waals surface area contributed by atoms with E-state index in [1.165, 1.54) is 0 Å². The van der Waals surface area contributed by atoms with E-state index in [1.807, 2.05) is 25.1 Å². The van der Waals surface area contributed by atoms with Gasteiger partial charge < -0.3 is 9.47 Å². The Morgan fingerprint density at radius 1 is 1.52 bits per heavy atom. The van der Waals surface area contributed by atoms with Gasteiger partial charge in [-0.1, -0.05) is 13.8 Å². The maximum atomic E-state index is 12.0. The number of ether oxygens (including phenoxy) is 2. The molecule has 0 aromatic heterocycles. The summed E-state index contributed by atoms with van der Waals surface area (Å²) in [6.45, 7) is 5.56. The molecule has 0 bridgehead atoms. The fourth-order valence-electron chi connectivity index (χ4n) is 2.37. The fourth-order valence-corrected chi connectivity index (χ4v) is 2.37. The number of ketones is 1. The van der Waals surface area contributed by atoms with Crippen LogP contribution in [0.2, 0.25) is 0 Å². The third kappa shape index (κ3) is 3.08. The Kier molecular flexibility index (Phi) is 4.32. The van der Waals surface area contributed by atoms with E-state index in [2.05, 4.69) is 0 Å². The largest absolute Gasteiger partial charge is 0.496 e. The average molecular weight is 285 g/mol. The number of nitrogens with zero attached hydrogens (tertiary/aromatic N) is 1. The van der Waals surface area contributed by atoms with Crippen molar-refractivity contribution < 1.29 is 14.3 Å². The van der Waals surface area contributed by atoms with Crippen LogP contribution in [0.4, 0.5) is 0 Å². The average Bonchev–Trinajstić information content (AvgIpc) is 2.81. The molecule has 1 aromatic rings. The molecule has 0 fully saturated rings. The van der Waals surface area contributed by atoms with Crippen LogP contribution in [0.1, 0.15) is 31.9 Å². The van der Waals surface area contributed by atoms with Gasteiger partial charge in [0.2, 0.25) is 0 Å². The number of benzene rings is 1. The number of allylic oxidation sites excluding steroid dienone is 1. The number of methoxy groups -OCH3 is 1.